The van der Waals surface area contributed by atoms with Crippen molar-refractivity contribution in [1.29, 1.82) is 0 Å². The maximum atomic E-state index is 14.7. The summed E-state index contributed by atoms with van der Waals surface area (Å²) >= 11 is 0. The van der Waals surface area contributed by atoms with Gasteiger partial charge < -0.3 is 19.5 Å². The van der Waals surface area contributed by atoms with Crippen molar-refractivity contribution in [3.8, 4) is 11.5 Å². The molecule has 4 heterocycles. The van der Waals surface area contributed by atoms with Crippen molar-refractivity contribution >= 4 is 27.3 Å². The van der Waals surface area contributed by atoms with Gasteiger partial charge in [0.15, 0.2) is 5.75 Å². The van der Waals surface area contributed by atoms with Gasteiger partial charge in [0.25, 0.3) is 0 Å². The highest BCUT2D eigenvalue weighted by Crippen LogP contribution is 2.35. The van der Waals surface area contributed by atoms with E-state index in [-0.39, 0.29) is 11.5 Å². The van der Waals surface area contributed by atoms with E-state index in [2.05, 4.69) is 20.5 Å². The van der Waals surface area contributed by atoms with Gasteiger partial charge in [0.2, 0.25) is 11.6 Å². The SMILES string of the molecule is [B]C([B])(Nc1ncc(OCC2CCOC2)c2nncn12)c1c(F)ccc2c1CCO2. The Bertz CT molecular complexity index is 1090. The first-order chi connectivity index (χ1) is 14.5. The fourth-order valence-electron chi connectivity index (χ4n) is 3.86. The molecular formula is C19H18B2FN5O3. The van der Waals surface area contributed by atoms with Crippen LogP contribution in [0.15, 0.2) is 24.7 Å². The van der Waals surface area contributed by atoms with E-state index in [0.717, 1.165) is 13.0 Å². The van der Waals surface area contributed by atoms with Gasteiger partial charge in [-0.15, -0.1) is 10.2 Å². The van der Waals surface area contributed by atoms with Crippen LogP contribution in [0.1, 0.15) is 17.5 Å². The molecule has 0 bridgehead atoms. The molecule has 0 saturated carbocycles. The number of halogens is 1. The first-order valence-corrected chi connectivity index (χ1v) is 9.73. The minimum atomic E-state index is -1.74. The molecule has 2 aliphatic rings. The summed E-state index contributed by atoms with van der Waals surface area (Å²) in [6.45, 7) is 2.37. The van der Waals surface area contributed by atoms with E-state index < -0.39 is 11.2 Å². The number of rotatable bonds is 6. The predicted molar refractivity (Wildman–Crippen MR) is 108 cm³/mol. The fourth-order valence-corrected chi connectivity index (χ4v) is 3.86. The number of fused-ring (bicyclic) bond motifs is 2. The van der Waals surface area contributed by atoms with Crippen LogP contribution in [0, 0.1) is 11.7 Å². The number of anilines is 1. The zero-order chi connectivity index (χ0) is 20.7. The van der Waals surface area contributed by atoms with Crippen LogP contribution >= 0.6 is 0 Å². The number of hydrogen-bond donors (Lipinski definition) is 1. The third kappa shape index (κ3) is 3.36. The molecule has 1 atom stereocenters. The molecule has 2 aromatic heterocycles. The number of benzene rings is 1. The molecule has 3 aromatic rings. The van der Waals surface area contributed by atoms with Crippen molar-refractivity contribution in [3.63, 3.8) is 0 Å². The molecule has 2 aliphatic heterocycles. The van der Waals surface area contributed by atoms with Crippen LogP contribution in [0.5, 0.6) is 11.5 Å². The molecule has 150 valence electrons. The predicted octanol–water partition coefficient (Wildman–Crippen LogP) is 1.17. The Kier molecular flexibility index (Phi) is 4.77. The Labute approximate surface area is 175 Å². The first kappa shape index (κ1) is 19.2. The fraction of sp³-hybridized carbons (Fsp3) is 0.421. The summed E-state index contributed by atoms with van der Waals surface area (Å²) in [7, 11) is 12.6. The summed E-state index contributed by atoms with van der Waals surface area (Å²) in [4.78, 5) is 4.36. The van der Waals surface area contributed by atoms with Gasteiger partial charge in [0, 0.05) is 30.1 Å². The first-order valence-electron chi connectivity index (χ1n) is 9.73. The molecule has 4 radical (unpaired) electrons. The van der Waals surface area contributed by atoms with Crippen LogP contribution in [-0.2, 0) is 16.5 Å². The van der Waals surface area contributed by atoms with Gasteiger partial charge >= 0.3 is 0 Å². The summed E-state index contributed by atoms with van der Waals surface area (Å²) in [5.41, 5.74) is 1.23. The zero-order valence-electron chi connectivity index (χ0n) is 16.2. The molecule has 0 aliphatic carbocycles. The summed E-state index contributed by atoms with van der Waals surface area (Å²) < 4.78 is 33.0. The summed E-state index contributed by atoms with van der Waals surface area (Å²) in [6.07, 6.45) is 4.46. The van der Waals surface area contributed by atoms with Gasteiger partial charge in [-0.05, 0) is 23.9 Å². The van der Waals surface area contributed by atoms with Crippen molar-refractivity contribution in [2.45, 2.75) is 18.2 Å². The number of hydrogen-bond acceptors (Lipinski definition) is 7. The van der Waals surface area contributed by atoms with Gasteiger partial charge in [0.05, 0.1) is 41.7 Å². The lowest BCUT2D eigenvalue weighted by molar-refractivity contribution is 0.167. The topological polar surface area (TPSA) is 82.8 Å². The standard InChI is InChI=1S/C19H18B2FN5O3/c20-19(21,16-12-4-6-29-14(12)2-1-13(16)22)25-18-23-7-15(17-26-24-10-27(17)18)30-9-11-3-5-28-8-11/h1-2,7,10-11H,3-6,8-9H2,(H,23,25). The lowest BCUT2D eigenvalue weighted by Gasteiger charge is -2.31. The van der Waals surface area contributed by atoms with Crippen molar-refractivity contribution < 1.29 is 18.6 Å². The van der Waals surface area contributed by atoms with E-state index in [1.165, 1.54) is 18.6 Å². The van der Waals surface area contributed by atoms with Crippen molar-refractivity contribution in [1.82, 2.24) is 19.6 Å². The molecule has 0 spiro atoms. The van der Waals surface area contributed by atoms with Gasteiger partial charge in [-0.2, -0.15) is 0 Å². The lowest BCUT2D eigenvalue weighted by Crippen LogP contribution is -2.39. The number of aromatic nitrogens is 4. The second kappa shape index (κ2) is 7.46. The molecule has 1 fully saturated rings. The smallest absolute Gasteiger partial charge is 0.209 e. The molecule has 30 heavy (non-hydrogen) atoms. The quantitative estimate of drug-likeness (QED) is 0.617. The third-order valence-corrected chi connectivity index (χ3v) is 5.36. The average Bonchev–Trinajstić information content (AvgIpc) is 3.47. The highest BCUT2D eigenvalue weighted by Gasteiger charge is 2.31. The van der Waals surface area contributed by atoms with Gasteiger partial charge in [-0.25, -0.2) is 13.8 Å². The highest BCUT2D eigenvalue weighted by molar-refractivity contribution is 6.41. The molecule has 1 unspecified atom stereocenters. The number of nitrogens with zero attached hydrogens (tertiary/aromatic N) is 4. The largest absolute Gasteiger partial charge is 0.493 e. The molecular weight excluding hydrogens is 387 g/mol. The summed E-state index contributed by atoms with van der Waals surface area (Å²) in [5, 5.41) is 9.21. The van der Waals surface area contributed by atoms with Crippen LogP contribution in [-0.4, -0.2) is 61.7 Å². The normalized spacial score (nSPS) is 18.4. The molecule has 1 saturated heterocycles. The maximum absolute atomic E-state index is 14.7. The van der Waals surface area contributed by atoms with Crippen LogP contribution in [0.2, 0.25) is 0 Å². The number of ether oxygens (including phenoxy) is 3. The average molecular weight is 405 g/mol. The highest BCUT2D eigenvalue weighted by atomic mass is 19.1. The van der Waals surface area contributed by atoms with E-state index in [4.69, 9.17) is 29.9 Å². The minimum absolute atomic E-state index is 0.141. The second-order valence-corrected chi connectivity index (χ2v) is 7.50. The Morgan fingerprint density at radius 2 is 2.23 bits per heavy atom. The van der Waals surface area contributed by atoms with E-state index in [9.17, 15) is 4.39 Å². The maximum Gasteiger partial charge on any atom is 0.209 e. The summed E-state index contributed by atoms with van der Waals surface area (Å²) in [5.74, 6) is 1.13. The van der Waals surface area contributed by atoms with E-state index in [1.807, 2.05) is 0 Å². The molecule has 8 nitrogen and oxygen atoms in total. The van der Waals surface area contributed by atoms with Crippen LogP contribution in [0.25, 0.3) is 5.65 Å². The third-order valence-electron chi connectivity index (χ3n) is 5.36. The zero-order valence-corrected chi connectivity index (χ0v) is 16.2. The monoisotopic (exact) mass is 405 g/mol. The van der Waals surface area contributed by atoms with Crippen LogP contribution in [0.3, 0.4) is 0 Å². The molecule has 1 N–H and O–H groups in total. The van der Waals surface area contributed by atoms with E-state index in [0.29, 0.717) is 54.9 Å². The molecule has 0 amide bonds. The molecule has 1 aromatic carbocycles. The van der Waals surface area contributed by atoms with Gasteiger partial charge in [-0.3, -0.25) is 0 Å². The van der Waals surface area contributed by atoms with E-state index >= 15 is 0 Å². The van der Waals surface area contributed by atoms with Crippen LogP contribution < -0.4 is 14.8 Å². The molecule has 11 heteroatoms. The van der Waals surface area contributed by atoms with Gasteiger partial charge in [0.1, 0.15) is 17.9 Å². The van der Waals surface area contributed by atoms with Gasteiger partial charge in [-0.1, -0.05) is 0 Å². The summed E-state index contributed by atoms with van der Waals surface area (Å²) in [6, 6.07) is 2.87. The Morgan fingerprint density at radius 1 is 1.33 bits per heavy atom. The lowest BCUT2D eigenvalue weighted by atomic mass is 9.57. The Balaban J connectivity index is 1.44. The van der Waals surface area contributed by atoms with Crippen molar-refractivity contribution in [2.75, 3.05) is 31.7 Å². The Hall–Kier alpha value is -2.81. The minimum Gasteiger partial charge on any atom is -0.493 e. The Morgan fingerprint density at radius 3 is 3.07 bits per heavy atom. The molecule has 5 rings (SSSR count). The van der Waals surface area contributed by atoms with Crippen LogP contribution in [0.4, 0.5) is 10.3 Å². The van der Waals surface area contributed by atoms with E-state index in [1.54, 1.807) is 10.5 Å². The van der Waals surface area contributed by atoms with Crippen molar-refractivity contribution in [2.24, 2.45) is 5.92 Å². The second-order valence-electron chi connectivity index (χ2n) is 7.50. The number of nitrogens with one attached hydrogen (secondary N) is 1. The van der Waals surface area contributed by atoms with Crippen molar-refractivity contribution in [3.05, 3.63) is 41.6 Å².